The highest BCUT2D eigenvalue weighted by atomic mass is 19.4. The van der Waals surface area contributed by atoms with E-state index in [4.69, 9.17) is 5.73 Å². The Kier molecular flexibility index (Phi) is 3.14. The van der Waals surface area contributed by atoms with Crippen molar-refractivity contribution in [1.29, 1.82) is 0 Å². The summed E-state index contributed by atoms with van der Waals surface area (Å²) < 4.78 is 38.7. The first-order valence-electron chi connectivity index (χ1n) is 5.60. The topological polar surface area (TPSA) is 38.0 Å². The number of piperidine rings is 1. The van der Waals surface area contributed by atoms with Crippen LogP contribution in [0.3, 0.4) is 0 Å². The molecule has 3 N–H and O–H groups in total. The molecule has 2 nitrogen and oxygen atoms in total. The fourth-order valence-electron chi connectivity index (χ4n) is 2.31. The van der Waals surface area contributed by atoms with E-state index in [-0.39, 0.29) is 5.56 Å². The van der Waals surface area contributed by atoms with Gasteiger partial charge in [-0.05, 0) is 37.6 Å². The van der Waals surface area contributed by atoms with E-state index in [1.807, 2.05) is 0 Å². The molecule has 5 heteroatoms. The summed E-state index contributed by atoms with van der Waals surface area (Å²) in [6, 6.07) is 5.61. The second kappa shape index (κ2) is 4.31. The van der Waals surface area contributed by atoms with Gasteiger partial charge in [-0.1, -0.05) is 18.2 Å². The molecule has 0 radical (unpaired) electrons. The number of benzene rings is 1. The molecule has 0 aromatic heterocycles. The van der Waals surface area contributed by atoms with E-state index in [9.17, 15) is 13.2 Å². The van der Waals surface area contributed by atoms with Gasteiger partial charge in [-0.3, -0.25) is 0 Å². The van der Waals surface area contributed by atoms with Crippen LogP contribution < -0.4 is 11.1 Å². The van der Waals surface area contributed by atoms with Gasteiger partial charge < -0.3 is 11.1 Å². The third kappa shape index (κ3) is 2.45. The minimum atomic E-state index is -4.34. The zero-order chi connectivity index (χ0) is 12.5. The van der Waals surface area contributed by atoms with E-state index in [0.29, 0.717) is 25.9 Å². The summed E-state index contributed by atoms with van der Waals surface area (Å²) in [6.45, 7) is 1.31. The van der Waals surface area contributed by atoms with Crippen molar-refractivity contribution in [3.8, 4) is 0 Å². The maximum absolute atomic E-state index is 12.9. The molecule has 0 unspecified atom stereocenters. The van der Waals surface area contributed by atoms with Crippen molar-refractivity contribution < 1.29 is 13.2 Å². The molecule has 1 saturated heterocycles. The molecular weight excluding hydrogens is 229 g/mol. The molecule has 1 fully saturated rings. The number of nitrogens with one attached hydrogen (secondary N) is 1. The highest BCUT2D eigenvalue weighted by molar-refractivity contribution is 5.36. The molecule has 1 aromatic rings. The number of nitrogens with two attached hydrogens (primary N) is 1. The molecule has 0 bridgehead atoms. The Balaban J connectivity index is 2.44. The Hall–Kier alpha value is -1.07. The second-order valence-corrected chi connectivity index (χ2v) is 4.45. The van der Waals surface area contributed by atoms with Crippen molar-refractivity contribution in [2.45, 2.75) is 24.6 Å². The van der Waals surface area contributed by atoms with Crippen LogP contribution in [0.25, 0.3) is 0 Å². The van der Waals surface area contributed by atoms with E-state index in [1.54, 1.807) is 6.07 Å². The maximum Gasteiger partial charge on any atom is 0.416 e. The van der Waals surface area contributed by atoms with Gasteiger partial charge in [-0.25, -0.2) is 0 Å². The zero-order valence-corrected chi connectivity index (χ0v) is 9.35. The SMILES string of the molecule is NC1(c2ccccc2C(F)(F)F)CCNCC1. The van der Waals surface area contributed by atoms with Crippen LogP contribution in [0.2, 0.25) is 0 Å². The largest absolute Gasteiger partial charge is 0.416 e. The van der Waals surface area contributed by atoms with Crippen molar-refractivity contribution in [2.75, 3.05) is 13.1 Å². The van der Waals surface area contributed by atoms with E-state index in [2.05, 4.69) is 5.32 Å². The van der Waals surface area contributed by atoms with E-state index in [1.165, 1.54) is 12.1 Å². The molecule has 2 rings (SSSR count). The Morgan fingerprint density at radius 2 is 1.71 bits per heavy atom. The van der Waals surface area contributed by atoms with Crippen LogP contribution in [-0.4, -0.2) is 13.1 Å². The Labute approximate surface area is 98.0 Å². The van der Waals surface area contributed by atoms with Gasteiger partial charge in [0.25, 0.3) is 0 Å². The smallest absolute Gasteiger partial charge is 0.321 e. The van der Waals surface area contributed by atoms with Gasteiger partial charge >= 0.3 is 6.18 Å². The highest BCUT2D eigenvalue weighted by Gasteiger charge is 2.39. The van der Waals surface area contributed by atoms with Gasteiger partial charge in [0.1, 0.15) is 0 Å². The minimum absolute atomic E-state index is 0.217. The molecule has 1 aliphatic heterocycles. The van der Waals surface area contributed by atoms with Crippen LogP contribution in [0.1, 0.15) is 24.0 Å². The summed E-state index contributed by atoms with van der Waals surface area (Å²) in [7, 11) is 0. The van der Waals surface area contributed by atoms with Crippen molar-refractivity contribution in [3.63, 3.8) is 0 Å². The van der Waals surface area contributed by atoms with Crippen molar-refractivity contribution in [1.82, 2.24) is 5.32 Å². The summed E-state index contributed by atoms with van der Waals surface area (Å²) in [6.07, 6.45) is -3.28. The Morgan fingerprint density at radius 3 is 2.29 bits per heavy atom. The Morgan fingerprint density at radius 1 is 1.12 bits per heavy atom. The number of hydrogen-bond acceptors (Lipinski definition) is 2. The van der Waals surface area contributed by atoms with E-state index >= 15 is 0 Å². The predicted molar refractivity (Wildman–Crippen MR) is 59.4 cm³/mol. The summed E-state index contributed by atoms with van der Waals surface area (Å²) in [5, 5.41) is 3.11. The van der Waals surface area contributed by atoms with E-state index in [0.717, 1.165) is 6.07 Å². The first kappa shape index (κ1) is 12.4. The lowest BCUT2D eigenvalue weighted by Gasteiger charge is -2.36. The van der Waals surface area contributed by atoms with Crippen LogP contribution in [-0.2, 0) is 11.7 Å². The lowest BCUT2D eigenvalue weighted by molar-refractivity contribution is -0.139. The van der Waals surface area contributed by atoms with E-state index < -0.39 is 17.3 Å². The average Bonchev–Trinajstić information content (AvgIpc) is 2.29. The number of hydrogen-bond donors (Lipinski definition) is 2. The summed E-state index contributed by atoms with van der Waals surface area (Å²) >= 11 is 0. The van der Waals surface area contributed by atoms with Crippen molar-refractivity contribution in [2.24, 2.45) is 5.73 Å². The van der Waals surface area contributed by atoms with Gasteiger partial charge in [0, 0.05) is 5.54 Å². The lowest BCUT2D eigenvalue weighted by Crippen LogP contribution is -2.47. The predicted octanol–water partition coefficient (Wildman–Crippen LogP) is 2.24. The summed E-state index contributed by atoms with van der Waals surface area (Å²) in [5.41, 5.74) is 4.88. The molecule has 1 heterocycles. The number of rotatable bonds is 1. The molecule has 0 spiro atoms. The zero-order valence-electron chi connectivity index (χ0n) is 9.35. The van der Waals surface area contributed by atoms with Crippen molar-refractivity contribution >= 4 is 0 Å². The van der Waals surface area contributed by atoms with Crippen molar-refractivity contribution in [3.05, 3.63) is 35.4 Å². The monoisotopic (exact) mass is 244 g/mol. The first-order chi connectivity index (χ1) is 7.93. The van der Waals surface area contributed by atoms with Crippen LogP contribution in [0, 0.1) is 0 Å². The molecule has 0 atom stereocenters. The molecule has 1 aliphatic rings. The number of halogens is 3. The third-order valence-corrected chi connectivity index (χ3v) is 3.26. The van der Waals surface area contributed by atoms with Crippen LogP contribution in [0.15, 0.2) is 24.3 Å². The summed E-state index contributed by atoms with van der Waals surface area (Å²) in [4.78, 5) is 0. The Bertz CT molecular complexity index is 395. The molecule has 0 saturated carbocycles. The van der Waals surface area contributed by atoms with Crippen LogP contribution in [0.5, 0.6) is 0 Å². The number of alkyl halides is 3. The standard InChI is InChI=1S/C12H15F3N2/c13-12(14,15)10-4-2-1-3-9(10)11(16)5-7-17-8-6-11/h1-4,17H,5-8,16H2. The van der Waals surface area contributed by atoms with Gasteiger partial charge in [-0.15, -0.1) is 0 Å². The maximum atomic E-state index is 12.9. The molecule has 94 valence electrons. The van der Waals surface area contributed by atoms with Gasteiger partial charge in [0.15, 0.2) is 0 Å². The van der Waals surface area contributed by atoms with Gasteiger partial charge in [0.05, 0.1) is 5.56 Å². The molecule has 1 aromatic carbocycles. The molecule has 0 amide bonds. The summed E-state index contributed by atoms with van der Waals surface area (Å²) in [5.74, 6) is 0. The average molecular weight is 244 g/mol. The second-order valence-electron chi connectivity index (χ2n) is 4.45. The molecule has 0 aliphatic carbocycles. The fraction of sp³-hybridized carbons (Fsp3) is 0.500. The molecular formula is C12H15F3N2. The van der Waals surface area contributed by atoms with Gasteiger partial charge in [0.2, 0.25) is 0 Å². The lowest BCUT2D eigenvalue weighted by atomic mass is 9.80. The first-order valence-corrected chi connectivity index (χ1v) is 5.60. The third-order valence-electron chi connectivity index (χ3n) is 3.26. The highest BCUT2D eigenvalue weighted by Crippen LogP contribution is 2.38. The quantitative estimate of drug-likeness (QED) is 0.795. The molecule has 17 heavy (non-hydrogen) atoms. The van der Waals surface area contributed by atoms with Crippen LogP contribution in [0.4, 0.5) is 13.2 Å². The minimum Gasteiger partial charge on any atom is -0.321 e. The van der Waals surface area contributed by atoms with Crippen LogP contribution >= 0.6 is 0 Å². The fourth-order valence-corrected chi connectivity index (χ4v) is 2.31. The normalized spacial score (nSPS) is 20.2. The van der Waals surface area contributed by atoms with Gasteiger partial charge in [-0.2, -0.15) is 13.2 Å².